The summed E-state index contributed by atoms with van der Waals surface area (Å²) >= 11 is 0. The van der Waals surface area contributed by atoms with E-state index in [1.165, 1.54) is 6.42 Å². The highest BCUT2D eigenvalue weighted by Gasteiger charge is 2.18. The van der Waals surface area contributed by atoms with Gasteiger partial charge in [-0.05, 0) is 43.0 Å². The van der Waals surface area contributed by atoms with Crippen LogP contribution in [-0.4, -0.2) is 46.3 Å². The zero-order valence-electron chi connectivity index (χ0n) is 15.4. The van der Waals surface area contributed by atoms with Crippen LogP contribution in [0.15, 0.2) is 42.7 Å². The van der Waals surface area contributed by atoms with E-state index in [4.69, 9.17) is 0 Å². The van der Waals surface area contributed by atoms with E-state index in [-0.39, 0.29) is 11.8 Å². The Kier molecular flexibility index (Phi) is 6.73. The number of benzene rings is 1. The molecule has 1 aliphatic heterocycles. The van der Waals surface area contributed by atoms with Gasteiger partial charge in [0.05, 0.1) is 0 Å². The molecule has 1 saturated heterocycles. The first kappa shape index (κ1) is 18.8. The third-order valence-electron chi connectivity index (χ3n) is 4.51. The Bertz CT molecular complexity index is 760. The van der Waals surface area contributed by atoms with Crippen molar-refractivity contribution in [3.8, 4) is 0 Å². The minimum absolute atomic E-state index is 0.0637. The predicted octanol–water partition coefficient (Wildman–Crippen LogP) is 2.22. The van der Waals surface area contributed by atoms with Crippen molar-refractivity contribution in [3.05, 3.63) is 53.9 Å². The summed E-state index contributed by atoms with van der Waals surface area (Å²) in [5, 5.41) is 5.89. The molecule has 2 amide bonds. The van der Waals surface area contributed by atoms with E-state index in [1.54, 1.807) is 18.5 Å². The molecule has 1 aromatic heterocycles. The van der Waals surface area contributed by atoms with Crippen LogP contribution in [0.1, 0.15) is 41.6 Å². The van der Waals surface area contributed by atoms with E-state index in [2.05, 4.69) is 20.6 Å². The minimum atomic E-state index is -0.0637. The second-order valence-corrected chi connectivity index (χ2v) is 6.58. The van der Waals surface area contributed by atoms with Gasteiger partial charge in [0.25, 0.3) is 5.91 Å². The maximum atomic E-state index is 12.6. The summed E-state index contributed by atoms with van der Waals surface area (Å²) < 4.78 is 0. The van der Waals surface area contributed by atoms with Gasteiger partial charge in [0, 0.05) is 50.6 Å². The molecule has 0 atom stereocenters. The average molecular weight is 367 g/mol. The Labute approximate surface area is 159 Å². The van der Waals surface area contributed by atoms with Gasteiger partial charge in [-0.2, -0.15) is 0 Å². The number of amides is 2. The normalized spacial score (nSPS) is 13.9. The minimum Gasteiger partial charge on any atom is -0.354 e. The van der Waals surface area contributed by atoms with Crippen molar-refractivity contribution in [1.29, 1.82) is 0 Å². The van der Waals surface area contributed by atoms with Gasteiger partial charge in [-0.25, -0.2) is 9.97 Å². The lowest BCUT2D eigenvalue weighted by molar-refractivity contribution is -0.121. The Hall–Kier alpha value is -2.96. The van der Waals surface area contributed by atoms with Crippen molar-refractivity contribution in [3.63, 3.8) is 0 Å². The van der Waals surface area contributed by atoms with Crippen molar-refractivity contribution in [2.24, 2.45) is 0 Å². The number of rotatable bonds is 7. The van der Waals surface area contributed by atoms with Crippen LogP contribution in [0.25, 0.3) is 0 Å². The Balaban J connectivity index is 1.45. The Morgan fingerprint density at radius 2 is 1.81 bits per heavy atom. The standard InChI is InChI=1S/C20H25N5O2/c26-18(8-11-23-20-21-9-5-10-22-20)24-15-16-6-4-7-17(14-16)19(27)25-12-2-1-3-13-25/h4-7,9-10,14H,1-3,8,11-13,15H2,(H,24,26)(H,21,22,23). The molecule has 0 radical (unpaired) electrons. The van der Waals surface area contributed by atoms with Gasteiger partial charge in [0.15, 0.2) is 0 Å². The lowest BCUT2D eigenvalue weighted by atomic mass is 10.1. The monoisotopic (exact) mass is 367 g/mol. The second-order valence-electron chi connectivity index (χ2n) is 6.58. The summed E-state index contributed by atoms with van der Waals surface area (Å²) in [5.41, 5.74) is 1.61. The summed E-state index contributed by atoms with van der Waals surface area (Å²) in [5.74, 6) is 0.523. The third kappa shape index (κ3) is 5.77. The quantitative estimate of drug-likeness (QED) is 0.784. The molecule has 0 bridgehead atoms. The van der Waals surface area contributed by atoms with E-state index in [0.29, 0.717) is 31.0 Å². The Morgan fingerprint density at radius 1 is 1.04 bits per heavy atom. The second kappa shape index (κ2) is 9.66. The molecule has 2 heterocycles. The molecule has 7 nitrogen and oxygen atoms in total. The van der Waals surface area contributed by atoms with E-state index < -0.39 is 0 Å². The number of carbonyl (C=O) groups is 2. The molecule has 1 fully saturated rings. The molecule has 0 aliphatic carbocycles. The van der Waals surface area contributed by atoms with Crippen LogP contribution in [0, 0.1) is 0 Å². The number of likely N-dealkylation sites (tertiary alicyclic amines) is 1. The first-order valence-electron chi connectivity index (χ1n) is 9.38. The van der Waals surface area contributed by atoms with Gasteiger partial charge in [-0.1, -0.05) is 12.1 Å². The van der Waals surface area contributed by atoms with Gasteiger partial charge in [-0.3, -0.25) is 9.59 Å². The summed E-state index contributed by atoms with van der Waals surface area (Å²) in [6, 6.07) is 9.23. The molecule has 142 valence electrons. The van der Waals surface area contributed by atoms with Crippen LogP contribution in [0.4, 0.5) is 5.95 Å². The molecule has 0 spiro atoms. The van der Waals surface area contributed by atoms with Gasteiger partial charge in [-0.15, -0.1) is 0 Å². The third-order valence-corrected chi connectivity index (χ3v) is 4.51. The largest absolute Gasteiger partial charge is 0.354 e. The molecule has 7 heteroatoms. The van der Waals surface area contributed by atoms with Crippen molar-refractivity contribution in [1.82, 2.24) is 20.2 Å². The number of hydrogen-bond acceptors (Lipinski definition) is 5. The molecule has 2 aromatic rings. The number of aromatic nitrogens is 2. The number of anilines is 1. The highest BCUT2D eigenvalue weighted by Crippen LogP contribution is 2.14. The number of carbonyl (C=O) groups excluding carboxylic acids is 2. The summed E-state index contributed by atoms with van der Waals surface area (Å²) in [7, 11) is 0. The van der Waals surface area contributed by atoms with Crippen molar-refractivity contribution < 1.29 is 9.59 Å². The number of nitrogens with zero attached hydrogens (tertiary/aromatic N) is 3. The molecular formula is C20H25N5O2. The van der Waals surface area contributed by atoms with Crippen molar-refractivity contribution in [2.75, 3.05) is 25.0 Å². The lowest BCUT2D eigenvalue weighted by Crippen LogP contribution is -2.35. The molecule has 27 heavy (non-hydrogen) atoms. The SMILES string of the molecule is O=C(CCNc1ncccn1)NCc1cccc(C(=O)N2CCCCC2)c1. The summed E-state index contributed by atoms with van der Waals surface area (Å²) in [6.45, 7) is 2.53. The summed E-state index contributed by atoms with van der Waals surface area (Å²) in [4.78, 5) is 34.6. The van der Waals surface area contributed by atoms with E-state index in [1.807, 2.05) is 29.2 Å². The fraction of sp³-hybridized carbons (Fsp3) is 0.400. The van der Waals surface area contributed by atoms with Crippen LogP contribution in [0.5, 0.6) is 0 Å². The van der Waals surface area contributed by atoms with Gasteiger partial charge in [0.2, 0.25) is 11.9 Å². The van der Waals surface area contributed by atoms with Crippen LogP contribution >= 0.6 is 0 Å². The van der Waals surface area contributed by atoms with Crippen LogP contribution in [0.2, 0.25) is 0 Å². The summed E-state index contributed by atoms with van der Waals surface area (Å²) in [6.07, 6.45) is 6.96. The zero-order valence-corrected chi connectivity index (χ0v) is 15.4. The average Bonchev–Trinajstić information content (AvgIpc) is 2.73. The first-order valence-corrected chi connectivity index (χ1v) is 9.38. The molecule has 0 unspecified atom stereocenters. The lowest BCUT2D eigenvalue weighted by Gasteiger charge is -2.26. The molecule has 1 aromatic carbocycles. The van der Waals surface area contributed by atoms with E-state index in [0.717, 1.165) is 31.5 Å². The van der Waals surface area contributed by atoms with Gasteiger partial charge in [0.1, 0.15) is 0 Å². The number of piperidine rings is 1. The molecule has 1 aliphatic rings. The molecule has 3 rings (SSSR count). The first-order chi connectivity index (χ1) is 13.2. The van der Waals surface area contributed by atoms with Crippen LogP contribution in [-0.2, 0) is 11.3 Å². The molecule has 0 saturated carbocycles. The van der Waals surface area contributed by atoms with Crippen molar-refractivity contribution in [2.45, 2.75) is 32.2 Å². The van der Waals surface area contributed by atoms with Gasteiger partial charge < -0.3 is 15.5 Å². The van der Waals surface area contributed by atoms with Crippen molar-refractivity contribution >= 4 is 17.8 Å². The van der Waals surface area contributed by atoms with E-state index >= 15 is 0 Å². The maximum Gasteiger partial charge on any atom is 0.253 e. The predicted molar refractivity (Wildman–Crippen MR) is 103 cm³/mol. The van der Waals surface area contributed by atoms with E-state index in [9.17, 15) is 9.59 Å². The number of nitrogens with one attached hydrogen (secondary N) is 2. The fourth-order valence-electron chi connectivity index (χ4n) is 3.06. The zero-order chi connectivity index (χ0) is 18.9. The topological polar surface area (TPSA) is 87.2 Å². The van der Waals surface area contributed by atoms with Gasteiger partial charge >= 0.3 is 0 Å². The number of hydrogen-bond donors (Lipinski definition) is 2. The van der Waals surface area contributed by atoms with Crippen LogP contribution < -0.4 is 10.6 Å². The highest BCUT2D eigenvalue weighted by atomic mass is 16.2. The maximum absolute atomic E-state index is 12.6. The molecule has 2 N–H and O–H groups in total. The van der Waals surface area contributed by atoms with Crippen LogP contribution in [0.3, 0.4) is 0 Å². The Morgan fingerprint density at radius 3 is 2.59 bits per heavy atom. The smallest absolute Gasteiger partial charge is 0.253 e. The molecular weight excluding hydrogens is 342 g/mol. The fourth-order valence-corrected chi connectivity index (χ4v) is 3.06. The highest BCUT2D eigenvalue weighted by molar-refractivity contribution is 5.94.